The molecule has 1 aromatic carbocycles. The van der Waals surface area contributed by atoms with E-state index in [1.807, 2.05) is 6.92 Å². The summed E-state index contributed by atoms with van der Waals surface area (Å²) < 4.78 is 41.0. The molecular weight excluding hydrogens is 429 g/mol. The zero-order valence-corrected chi connectivity index (χ0v) is 18.0. The maximum absolute atomic E-state index is 13.1. The molecular formula is C20H23F3N6OS. The van der Waals surface area contributed by atoms with Gasteiger partial charge in [-0.1, -0.05) is 37.7 Å². The Balaban J connectivity index is 1.76. The van der Waals surface area contributed by atoms with Crippen molar-refractivity contribution >= 4 is 34.5 Å². The van der Waals surface area contributed by atoms with Crippen LogP contribution in [0, 0.1) is 0 Å². The number of aromatic nitrogens is 4. The number of benzene rings is 1. The molecule has 0 bridgehead atoms. The molecule has 1 amide bonds. The van der Waals surface area contributed by atoms with Crippen molar-refractivity contribution in [1.82, 2.24) is 25.1 Å². The van der Waals surface area contributed by atoms with E-state index in [0.717, 1.165) is 36.2 Å². The Bertz CT molecular complexity index is 1050. The fourth-order valence-electron chi connectivity index (χ4n) is 2.97. The fourth-order valence-corrected chi connectivity index (χ4v) is 3.53. The quantitative estimate of drug-likeness (QED) is 0.374. The molecule has 31 heavy (non-hydrogen) atoms. The van der Waals surface area contributed by atoms with Gasteiger partial charge in [0.25, 0.3) is 5.91 Å². The molecule has 3 aromatic rings. The molecule has 0 aliphatic heterocycles. The number of anilines is 1. The number of carbonyl (C=O) groups excluding carboxylic acids is 1. The summed E-state index contributed by atoms with van der Waals surface area (Å²) in [7, 11) is 0. The van der Waals surface area contributed by atoms with Gasteiger partial charge in [-0.15, -0.1) is 0 Å². The summed E-state index contributed by atoms with van der Waals surface area (Å²) in [5.74, 6) is 0.713. The van der Waals surface area contributed by atoms with Gasteiger partial charge >= 0.3 is 6.18 Å². The van der Waals surface area contributed by atoms with Crippen LogP contribution < -0.4 is 10.6 Å². The number of hydrogen-bond acceptors (Lipinski definition) is 6. The Morgan fingerprint density at radius 3 is 2.65 bits per heavy atom. The molecule has 0 spiro atoms. The molecule has 2 aromatic heterocycles. The van der Waals surface area contributed by atoms with E-state index in [1.165, 1.54) is 23.9 Å². The molecule has 2 N–H and O–H groups in total. The number of hydrogen-bond donors (Lipinski definition) is 2. The van der Waals surface area contributed by atoms with Crippen LogP contribution in [0.4, 0.5) is 19.0 Å². The first-order valence-corrected chi connectivity index (χ1v) is 10.9. The second kappa shape index (κ2) is 9.99. The van der Waals surface area contributed by atoms with Gasteiger partial charge in [-0.3, -0.25) is 4.79 Å². The van der Waals surface area contributed by atoms with Crippen LogP contribution >= 0.6 is 11.8 Å². The van der Waals surface area contributed by atoms with Crippen LogP contribution in [0.2, 0.25) is 0 Å². The Morgan fingerprint density at radius 1 is 1.16 bits per heavy atom. The van der Waals surface area contributed by atoms with Crippen LogP contribution in [0.5, 0.6) is 0 Å². The number of alkyl halides is 3. The summed E-state index contributed by atoms with van der Waals surface area (Å²) in [6.45, 7) is 5.16. The van der Waals surface area contributed by atoms with Gasteiger partial charge in [-0.2, -0.15) is 18.3 Å². The molecule has 0 aliphatic carbocycles. The minimum Gasteiger partial charge on any atom is -0.369 e. The third-order valence-electron chi connectivity index (χ3n) is 4.38. The monoisotopic (exact) mass is 452 g/mol. The van der Waals surface area contributed by atoms with Gasteiger partial charge in [-0.25, -0.2) is 14.6 Å². The van der Waals surface area contributed by atoms with Crippen molar-refractivity contribution in [2.45, 2.75) is 38.1 Å². The standard InChI is InChI=1S/C20H23F3N6OS/c1-3-9-24-16-14-12-26-29(17(14)28-19(27-16)31-4-2)11-10-25-18(30)13-7-5-6-8-15(13)20(21,22)23/h5-8,12H,3-4,9-11H2,1-2H3,(H,25,30)(H,24,27,28). The Morgan fingerprint density at radius 2 is 1.94 bits per heavy atom. The Labute approximate surface area is 181 Å². The Hall–Kier alpha value is -2.82. The predicted molar refractivity (Wildman–Crippen MR) is 114 cm³/mol. The molecule has 0 fully saturated rings. The number of fused-ring (bicyclic) bond motifs is 1. The maximum Gasteiger partial charge on any atom is 0.417 e. The number of nitrogens with one attached hydrogen (secondary N) is 2. The first-order chi connectivity index (χ1) is 14.8. The Kier molecular flexibility index (Phi) is 7.37. The molecule has 0 saturated carbocycles. The molecule has 11 heteroatoms. The second-order valence-electron chi connectivity index (χ2n) is 6.62. The molecule has 0 atom stereocenters. The first kappa shape index (κ1) is 22.9. The van der Waals surface area contributed by atoms with Crippen molar-refractivity contribution in [3.63, 3.8) is 0 Å². The van der Waals surface area contributed by atoms with E-state index >= 15 is 0 Å². The minimum absolute atomic E-state index is 0.0970. The van der Waals surface area contributed by atoms with Gasteiger partial charge < -0.3 is 10.6 Å². The minimum atomic E-state index is -4.60. The fraction of sp³-hybridized carbons (Fsp3) is 0.400. The number of carbonyl (C=O) groups is 1. The van der Waals surface area contributed by atoms with Crippen LogP contribution in [0.15, 0.2) is 35.6 Å². The lowest BCUT2D eigenvalue weighted by Crippen LogP contribution is -2.29. The number of amides is 1. The van der Waals surface area contributed by atoms with E-state index in [2.05, 4.69) is 32.6 Å². The molecule has 0 unspecified atom stereocenters. The topological polar surface area (TPSA) is 84.7 Å². The van der Waals surface area contributed by atoms with Crippen molar-refractivity contribution in [2.24, 2.45) is 0 Å². The average molecular weight is 453 g/mol. The summed E-state index contributed by atoms with van der Waals surface area (Å²) in [5.41, 5.74) is -0.762. The van der Waals surface area contributed by atoms with E-state index in [1.54, 1.807) is 10.9 Å². The van der Waals surface area contributed by atoms with Gasteiger partial charge in [0.1, 0.15) is 5.82 Å². The van der Waals surface area contributed by atoms with Gasteiger partial charge in [0.15, 0.2) is 10.8 Å². The van der Waals surface area contributed by atoms with E-state index in [-0.39, 0.29) is 13.1 Å². The number of thioether (sulfide) groups is 1. The molecule has 0 saturated heterocycles. The molecule has 0 radical (unpaired) electrons. The van der Waals surface area contributed by atoms with E-state index < -0.39 is 23.2 Å². The van der Waals surface area contributed by atoms with Crippen LogP contribution in [0.3, 0.4) is 0 Å². The SMILES string of the molecule is CCCNc1nc(SCC)nc2c1cnn2CCNC(=O)c1ccccc1C(F)(F)F. The lowest BCUT2D eigenvalue weighted by Gasteiger charge is -2.13. The van der Waals surface area contributed by atoms with E-state index in [4.69, 9.17) is 0 Å². The van der Waals surface area contributed by atoms with E-state index in [0.29, 0.717) is 16.6 Å². The molecule has 2 heterocycles. The third-order valence-corrected chi connectivity index (χ3v) is 5.11. The number of rotatable bonds is 9. The smallest absolute Gasteiger partial charge is 0.369 e. The highest BCUT2D eigenvalue weighted by Gasteiger charge is 2.34. The van der Waals surface area contributed by atoms with Gasteiger partial charge in [0, 0.05) is 13.1 Å². The number of halogens is 3. The number of nitrogens with zero attached hydrogens (tertiary/aromatic N) is 4. The second-order valence-corrected chi connectivity index (χ2v) is 7.85. The highest BCUT2D eigenvalue weighted by Crippen LogP contribution is 2.31. The molecule has 3 rings (SSSR count). The van der Waals surface area contributed by atoms with Gasteiger partial charge in [0.05, 0.1) is 29.3 Å². The lowest BCUT2D eigenvalue weighted by molar-refractivity contribution is -0.137. The normalized spacial score (nSPS) is 11.6. The van der Waals surface area contributed by atoms with Crippen molar-refractivity contribution in [1.29, 1.82) is 0 Å². The lowest BCUT2D eigenvalue weighted by atomic mass is 10.1. The van der Waals surface area contributed by atoms with Crippen LogP contribution in [0.1, 0.15) is 36.2 Å². The zero-order valence-electron chi connectivity index (χ0n) is 17.2. The zero-order chi connectivity index (χ0) is 22.4. The highest BCUT2D eigenvalue weighted by atomic mass is 32.2. The summed E-state index contributed by atoms with van der Waals surface area (Å²) in [5, 5.41) is 11.5. The van der Waals surface area contributed by atoms with Gasteiger partial charge in [-0.05, 0) is 24.3 Å². The predicted octanol–water partition coefficient (Wildman–Crippen LogP) is 4.21. The van der Waals surface area contributed by atoms with Crippen LogP contribution in [0.25, 0.3) is 11.0 Å². The maximum atomic E-state index is 13.1. The summed E-state index contributed by atoms with van der Waals surface area (Å²) in [6.07, 6.45) is -2.02. The van der Waals surface area contributed by atoms with E-state index in [9.17, 15) is 18.0 Å². The van der Waals surface area contributed by atoms with Crippen molar-refractivity contribution in [2.75, 3.05) is 24.2 Å². The molecule has 7 nitrogen and oxygen atoms in total. The molecule has 0 aliphatic rings. The summed E-state index contributed by atoms with van der Waals surface area (Å²) in [6, 6.07) is 4.71. The van der Waals surface area contributed by atoms with Crippen molar-refractivity contribution in [3.8, 4) is 0 Å². The van der Waals surface area contributed by atoms with Gasteiger partial charge in [0.2, 0.25) is 0 Å². The molecule has 166 valence electrons. The largest absolute Gasteiger partial charge is 0.417 e. The first-order valence-electron chi connectivity index (χ1n) is 9.89. The highest BCUT2D eigenvalue weighted by molar-refractivity contribution is 7.99. The summed E-state index contributed by atoms with van der Waals surface area (Å²) in [4.78, 5) is 21.4. The average Bonchev–Trinajstić information content (AvgIpc) is 3.14. The van der Waals surface area contributed by atoms with Crippen molar-refractivity contribution < 1.29 is 18.0 Å². The summed E-state index contributed by atoms with van der Waals surface area (Å²) >= 11 is 1.50. The van der Waals surface area contributed by atoms with Crippen molar-refractivity contribution in [3.05, 3.63) is 41.6 Å². The third kappa shape index (κ3) is 5.46. The van der Waals surface area contributed by atoms with Crippen LogP contribution in [-0.4, -0.2) is 44.5 Å². The van der Waals surface area contributed by atoms with Crippen LogP contribution in [-0.2, 0) is 12.7 Å².